The summed E-state index contributed by atoms with van der Waals surface area (Å²) < 4.78 is 2.36. The highest BCUT2D eigenvalue weighted by molar-refractivity contribution is 6.26. The van der Waals surface area contributed by atoms with Crippen molar-refractivity contribution in [3.05, 3.63) is 149 Å². The molecule has 0 fully saturated rings. The fourth-order valence-corrected chi connectivity index (χ4v) is 5.01. The second kappa shape index (κ2) is 8.03. The third-order valence-corrected chi connectivity index (χ3v) is 6.47. The molecule has 1 aliphatic carbocycles. The van der Waals surface area contributed by atoms with E-state index >= 15 is 0 Å². The van der Waals surface area contributed by atoms with E-state index < -0.39 is 0 Å². The predicted octanol–water partition coefficient (Wildman–Crippen LogP) is 7.18. The van der Waals surface area contributed by atoms with Crippen molar-refractivity contribution in [3.8, 4) is 0 Å². The third kappa shape index (κ3) is 3.30. The monoisotopic (exact) mass is 422 g/mol. The number of fused-ring (bicyclic) bond motifs is 2. The van der Waals surface area contributed by atoms with Crippen LogP contribution in [0.1, 0.15) is 27.9 Å². The number of para-hydroxylation sites is 1. The lowest BCUT2D eigenvalue weighted by molar-refractivity contribution is -0.647. The molecule has 156 valence electrons. The van der Waals surface area contributed by atoms with Crippen molar-refractivity contribution in [1.29, 1.82) is 0 Å². The third-order valence-electron chi connectivity index (χ3n) is 6.47. The molecule has 0 aliphatic heterocycles. The molecule has 1 heteroatoms. The Labute approximate surface area is 194 Å². The van der Waals surface area contributed by atoms with Gasteiger partial charge in [0.25, 0.3) is 0 Å². The van der Waals surface area contributed by atoms with Gasteiger partial charge in [0.05, 0.1) is 11.1 Å². The maximum absolute atomic E-state index is 2.36. The molecule has 0 unspecified atom stereocenters. The number of nitrogens with zero attached hydrogens (tertiary/aromatic N) is 1. The van der Waals surface area contributed by atoms with Gasteiger partial charge in [-0.2, -0.15) is 4.57 Å². The van der Waals surface area contributed by atoms with E-state index in [1.165, 1.54) is 55.6 Å². The minimum absolute atomic E-state index is 1.20. The lowest BCUT2D eigenvalue weighted by Crippen LogP contribution is -2.34. The topological polar surface area (TPSA) is 3.88 Å². The molecule has 6 rings (SSSR count). The summed E-state index contributed by atoms with van der Waals surface area (Å²) in [7, 11) is 2.19. The van der Waals surface area contributed by atoms with Crippen LogP contribution in [0.4, 0.5) is 0 Å². The molecule has 4 aromatic carbocycles. The molecule has 1 aromatic heterocycles. The molecular formula is C32H24N+. The van der Waals surface area contributed by atoms with E-state index in [0.29, 0.717) is 0 Å². The largest absolute Gasteiger partial charge is 0.221 e. The van der Waals surface area contributed by atoms with Gasteiger partial charge < -0.3 is 0 Å². The van der Waals surface area contributed by atoms with Crippen LogP contribution < -0.4 is 4.57 Å². The Morgan fingerprint density at radius 3 is 1.79 bits per heavy atom. The highest BCUT2D eigenvalue weighted by atomic mass is 14.9. The van der Waals surface area contributed by atoms with Gasteiger partial charge in [-0.1, -0.05) is 103 Å². The molecular weight excluding hydrogens is 398 g/mol. The predicted molar refractivity (Wildman–Crippen MR) is 138 cm³/mol. The van der Waals surface area contributed by atoms with Crippen LogP contribution in [0.3, 0.4) is 0 Å². The van der Waals surface area contributed by atoms with Gasteiger partial charge in [0.1, 0.15) is 7.05 Å². The van der Waals surface area contributed by atoms with Crippen LogP contribution >= 0.6 is 0 Å². The summed E-state index contributed by atoms with van der Waals surface area (Å²) in [6.45, 7) is 0. The van der Waals surface area contributed by atoms with Crippen LogP contribution in [-0.2, 0) is 7.05 Å². The number of benzene rings is 4. The minimum atomic E-state index is 1.20. The van der Waals surface area contributed by atoms with Gasteiger partial charge in [0, 0.05) is 22.6 Å². The number of pyridine rings is 1. The summed E-state index contributed by atoms with van der Waals surface area (Å²) in [5.41, 5.74) is 11.3. The van der Waals surface area contributed by atoms with Crippen molar-refractivity contribution in [2.45, 2.75) is 0 Å². The summed E-state index contributed by atoms with van der Waals surface area (Å²) in [6, 6.07) is 43.2. The zero-order chi connectivity index (χ0) is 22.2. The van der Waals surface area contributed by atoms with E-state index in [0.717, 1.165) is 0 Å². The van der Waals surface area contributed by atoms with Crippen LogP contribution in [0.2, 0.25) is 0 Å². The first-order chi connectivity index (χ1) is 16.3. The van der Waals surface area contributed by atoms with Gasteiger partial charge >= 0.3 is 0 Å². The average Bonchev–Trinajstić information content (AvgIpc) is 3.20. The lowest BCUT2D eigenvalue weighted by atomic mass is 9.92. The molecule has 33 heavy (non-hydrogen) atoms. The standard InChI is InChI=1S/C32H24N/c1-33-29-20-12-11-19-26(29)22-28-31(25-17-9-4-10-18-25)30(24-15-7-3-8-16-24)27(32(28)33)21-23-13-5-2-6-14-23/h2-22H,1H3/q+1/b27-21+. The molecule has 0 saturated carbocycles. The minimum Gasteiger partial charge on any atom is -0.194 e. The van der Waals surface area contributed by atoms with Gasteiger partial charge in [0.15, 0.2) is 0 Å². The first-order valence-corrected chi connectivity index (χ1v) is 11.4. The summed E-state index contributed by atoms with van der Waals surface area (Å²) >= 11 is 0. The van der Waals surface area contributed by atoms with Crippen molar-refractivity contribution < 1.29 is 4.57 Å². The van der Waals surface area contributed by atoms with Crippen LogP contribution in [0.15, 0.2) is 121 Å². The van der Waals surface area contributed by atoms with E-state index in [1.54, 1.807) is 0 Å². The summed E-state index contributed by atoms with van der Waals surface area (Å²) in [5, 5.41) is 1.25. The average molecular weight is 423 g/mol. The lowest BCUT2D eigenvalue weighted by Gasteiger charge is -2.10. The SMILES string of the molecule is C[n+]1c2c(cc3ccccc31)C(c1ccccc1)=C(c1ccccc1)/C2=C\c1ccccc1. The molecule has 0 N–H and O–H groups in total. The number of hydrogen-bond donors (Lipinski definition) is 0. The van der Waals surface area contributed by atoms with Crippen molar-refractivity contribution in [2.24, 2.45) is 7.05 Å². The first-order valence-electron chi connectivity index (χ1n) is 11.4. The number of aryl methyl sites for hydroxylation is 1. The molecule has 1 nitrogen and oxygen atoms in total. The Bertz CT molecular complexity index is 1530. The Kier molecular flexibility index (Phi) is 4.74. The fourth-order valence-electron chi connectivity index (χ4n) is 5.01. The highest BCUT2D eigenvalue weighted by Crippen LogP contribution is 2.49. The zero-order valence-electron chi connectivity index (χ0n) is 18.6. The maximum atomic E-state index is 2.36. The molecule has 0 saturated heterocycles. The number of aromatic nitrogens is 1. The number of hydrogen-bond acceptors (Lipinski definition) is 0. The number of rotatable bonds is 3. The number of allylic oxidation sites excluding steroid dienone is 2. The molecule has 0 spiro atoms. The second-order valence-corrected chi connectivity index (χ2v) is 8.48. The first kappa shape index (κ1) is 19.5. The maximum Gasteiger partial charge on any atom is 0.221 e. The quantitative estimate of drug-likeness (QED) is 0.271. The molecule has 0 amide bonds. The van der Waals surface area contributed by atoms with E-state index in [2.05, 4.69) is 139 Å². The van der Waals surface area contributed by atoms with Crippen molar-refractivity contribution in [1.82, 2.24) is 0 Å². The smallest absolute Gasteiger partial charge is 0.194 e. The Balaban J connectivity index is 1.77. The van der Waals surface area contributed by atoms with Gasteiger partial charge in [0.2, 0.25) is 11.2 Å². The fraction of sp³-hybridized carbons (Fsp3) is 0.0312. The van der Waals surface area contributed by atoms with Gasteiger partial charge in [-0.05, 0) is 34.9 Å². The van der Waals surface area contributed by atoms with Crippen molar-refractivity contribution >= 4 is 33.7 Å². The summed E-state index contributed by atoms with van der Waals surface area (Å²) in [6.07, 6.45) is 2.34. The van der Waals surface area contributed by atoms with Crippen LogP contribution in [0.5, 0.6) is 0 Å². The summed E-state index contributed by atoms with van der Waals surface area (Å²) in [5.74, 6) is 0. The van der Waals surface area contributed by atoms with E-state index in [9.17, 15) is 0 Å². The van der Waals surface area contributed by atoms with Gasteiger partial charge in [-0.3, -0.25) is 0 Å². The normalized spacial score (nSPS) is 14.2. The molecule has 1 heterocycles. The Morgan fingerprint density at radius 1 is 0.576 bits per heavy atom. The van der Waals surface area contributed by atoms with Crippen LogP contribution in [0.25, 0.3) is 33.7 Å². The van der Waals surface area contributed by atoms with Crippen LogP contribution in [-0.4, -0.2) is 0 Å². The molecule has 1 aliphatic rings. The highest BCUT2D eigenvalue weighted by Gasteiger charge is 2.36. The Hall–Kier alpha value is -4.23. The molecule has 0 bridgehead atoms. The van der Waals surface area contributed by atoms with E-state index in [1.807, 2.05) is 0 Å². The molecule has 0 radical (unpaired) electrons. The van der Waals surface area contributed by atoms with Crippen molar-refractivity contribution in [3.63, 3.8) is 0 Å². The Morgan fingerprint density at radius 2 is 1.12 bits per heavy atom. The second-order valence-electron chi connectivity index (χ2n) is 8.48. The molecule has 0 atom stereocenters. The van der Waals surface area contributed by atoms with Crippen LogP contribution in [0, 0.1) is 0 Å². The summed E-state index contributed by atoms with van der Waals surface area (Å²) in [4.78, 5) is 0. The van der Waals surface area contributed by atoms with Crippen molar-refractivity contribution in [2.75, 3.05) is 0 Å². The van der Waals surface area contributed by atoms with Gasteiger partial charge in [-0.15, -0.1) is 0 Å². The zero-order valence-corrected chi connectivity index (χ0v) is 18.6. The van der Waals surface area contributed by atoms with Gasteiger partial charge in [-0.25, -0.2) is 0 Å². The van der Waals surface area contributed by atoms with E-state index in [4.69, 9.17) is 0 Å². The molecule has 5 aromatic rings. The van der Waals surface area contributed by atoms with E-state index in [-0.39, 0.29) is 0 Å².